The van der Waals surface area contributed by atoms with E-state index in [-0.39, 0.29) is 12.3 Å². The summed E-state index contributed by atoms with van der Waals surface area (Å²) in [7, 11) is 0. The molecule has 1 saturated heterocycles. The van der Waals surface area contributed by atoms with Gasteiger partial charge in [0.25, 0.3) is 0 Å². The number of anilines is 1. The lowest BCUT2D eigenvalue weighted by atomic mass is 9.94. The van der Waals surface area contributed by atoms with Crippen LogP contribution in [0.4, 0.5) is 23.4 Å². The highest BCUT2D eigenvalue weighted by atomic mass is 19.4. The Morgan fingerprint density at radius 2 is 1.91 bits per heavy atom. The first-order valence-corrected chi connectivity index (χ1v) is 6.83. The Balaban J connectivity index is 0.000000379. The number of aldehydes is 1. The van der Waals surface area contributed by atoms with Gasteiger partial charge in [-0.25, -0.2) is 4.98 Å². The summed E-state index contributed by atoms with van der Waals surface area (Å²) in [5.41, 5.74) is 0. The van der Waals surface area contributed by atoms with E-state index in [0.29, 0.717) is 5.82 Å². The van der Waals surface area contributed by atoms with Gasteiger partial charge in [-0.3, -0.25) is 9.59 Å². The van der Waals surface area contributed by atoms with Gasteiger partial charge in [-0.05, 0) is 30.9 Å². The molecule has 2 rings (SSSR count). The molecule has 2 heterocycles. The molecular weight excluding hydrogens is 320 g/mol. The smallest absolute Gasteiger partial charge is 0.446 e. The van der Waals surface area contributed by atoms with Crippen molar-refractivity contribution in [3.05, 3.63) is 24.1 Å². The van der Waals surface area contributed by atoms with Crippen LogP contribution in [0.5, 0.6) is 0 Å². The molecule has 1 aliphatic heterocycles. The molecule has 0 radical (unpaired) electrons. The number of aliphatic carboxylic acids is 1. The van der Waals surface area contributed by atoms with Crippen LogP contribution < -0.4 is 4.90 Å². The molecule has 0 aliphatic carbocycles. The number of halogens is 4. The van der Waals surface area contributed by atoms with Gasteiger partial charge in [-0.2, -0.15) is 17.6 Å². The number of hydrogen-bond acceptors (Lipinski definition) is 4. The summed E-state index contributed by atoms with van der Waals surface area (Å²) in [6.45, 7) is 1.49. The zero-order valence-electron chi connectivity index (χ0n) is 12.1. The van der Waals surface area contributed by atoms with Gasteiger partial charge in [0, 0.05) is 19.5 Å². The number of aromatic nitrogens is 1. The van der Waals surface area contributed by atoms with Crippen molar-refractivity contribution in [1.29, 1.82) is 0 Å². The summed E-state index contributed by atoms with van der Waals surface area (Å²) in [5, 5.41) is 8.71. The number of hydrogen-bond donors (Lipinski definition) is 1. The van der Waals surface area contributed by atoms with Crippen LogP contribution in [0.1, 0.15) is 19.3 Å². The first kappa shape index (κ1) is 18.9. The molecule has 0 amide bonds. The molecule has 1 fully saturated rings. The SMILES string of the molecule is O=C(O)CC1CCN(c2cccc(F)n2)CC1.O=CC(F)(F)F. The Morgan fingerprint density at radius 3 is 2.35 bits per heavy atom. The summed E-state index contributed by atoms with van der Waals surface area (Å²) >= 11 is 0. The van der Waals surface area contributed by atoms with Crippen LogP contribution in [0.15, 0.2) is 18.2 Å². The normalized spacial score (nSPS) is 15.6. The monoisotopic (exact) mass is 336 g/mol. The number of rotatable bonds is 3. The molecule has 1 aliphatic rings. The standard InChI is InChI=1S/C12H15FN2O2.C2HF3O/c13-10-2-1-3-11(14-10)15-6-4-9(5-7-15)8-12(16)17;3-2(4,5)1-6/h1-3,9H,4-8H2,(H,16,17);1H. The zero-order valence-corrected chi connectivity index (χ0v) is 12.1. The second kappa shape index (κ2) is 8.44. The molecule has 0 bridgehead atoms. The molecule has 0 saturated carbocycles. The van der Waals surface area contributed by atoms with Crippen LogP contribution in [-0.4, -0.2) is 41.6 Å². The first-order chi connectivity index (χ1) is 10.7. The molecule has 0 aromatic carbocycles. The third-order valence-corrected chi connectivity index (χ3v) is 3.24. The van der Waals surface area contributed by atoms with Gasteiger partial charge in [0.2, 0.25) is 12.2 Å². The topological polar surface area (TPSA) is 70.5 Å². The van der Waals surface area contributed by atoms with Gasteiger partial charge >= 0.3 is 12.1 Å². The Labute approximate surface area is 129 Å². The molecular formula is C14H16F4N2O3. The number of carboxylic acid groups (broad SMARTS) is 1. The summed E-state index contributed by atoms with van der Waals surface area (Å²) < 4.78 is 44.2. The van der Waals surface area contributed by atoms with E-state index in [2.05, 4.69) is 4.98 Å². The number of alkyl halides is 3. The second-order valence-electron chi connectivity index (χ2n) is 5.01. The molecule has 1 aromatic rings. The summed E-state index contributed by atoms with van der Waals surface area (Å²) in [6.07, 6.45) is -3.83. The molecule has 23 heavy (non-hydrogen) atoms. The zero-order chi connectivity index (χ0) is 17.5. The predicted molar refractivity (Wildman–Crippen MR) is 73.5 cm³/mol. The number of carbonyl (C=O) groups is 2. The van der Waals surface area contributed by atoms with Crippen LogP contribution >= 0.6 is 0 Å². The van der Waals surface area contributed by atoms with Crippen molar-refractivity contribution in [1.82, 2.24) is 4.98 Å². The van der Waals surface area contributed by atoms with Crippen molar-refractivity contribution in [2.24, 2.45) is 5.92 Å². The highest BCUT2D eigenvalue weighted by Gasteiger charge is 2.25. The second-order valence-corrected chi connectivity index (χ2v) is 5.01. The predicted octanol–water partition coefficient (Wildman–Crippen LogP) is 2.66. The average molecular weight is 336 g/mol. The summed E-state index contributed by atoms with van der Waals surface area (Å²) in [5.74, 6) is -0.349. The number of pyridine rings is 1. The Kier molecular flexibility index (Phi) is 6.92. The van der Waals surface area contributed by atoms with E-state index >= 15 is 0 Å². The number of nitrogens with zero attached hydrogens (tertiary/aromatic N) is 2. The van der Waals surface area contributed by atoms with Gasteiger partial charge in [0.05, 0.1) is 0 Å². The Morgan fingerprint density at radius 1 is 1.35 bits per heavy atom. The lowest BCUT2D eigenvalue weighted by molar-refractivity contribution is -0.156. The van der Waals surface area contributed by atoms with E-state index in [4.69, 9.17) is 9.90 Å². The molecule has 128 valence electrons. The van der Waals surface area contributed by atoms with Gasteiger partial charge in [-0.15, -0.1) is 0 Å². The molecule has 0 unspecified atom stereocenters. The molecule has 0 atom stereocenters. The first-order valence-electron chi connectivity index (χ1n) is 6.83. The van der Waals surface area contributed by atoms with Crippen molar-refractivity contribution >= 4 is 18.1 Å². The van der Waals surface area contributed by atoms with Gasteiger partial charge in [0.15, 0.2) is 0 Å². The van der Waals surface area contributed by atoms with Crippen molar-refractivity contribution in [3.63, 3.8) is 0 Å². The van der Waals surface area contributed by atoms with E-state index in [1.807, 2.05) is 4.90 Å². The molecule has 1 N–H and O–H groups in total. The number of piperidine rings is 1. The van der Waals surface area contributed by atoms with Gasteiger partial charge in [0.1, 0.15) is 5.82 Å². The Bertz CT molecular complexity index is 529. The van der Waals surface area contributed by atoms with Gasteiger partial charge in [-0.1, -0.05) is 6.07 Å². The maximum atomic E-state index is 13.0. The van der Waals surface area contributed by atoms with Crippen molar-refractivity contribution < 1.29 is 32.3 Å². The maximum Gasteiger partial charge on any atom is 0.446 e. The molecule has 9 heteroatoms. The lowest BCUT2D eigenvalue weighted by Gasteiger charge is -2.32. The van der Waals surface area contributed by atoms with Crippen molar-refractivity contribution in [3.8, 4) is 0 Å². The van der Waals surface area contributed by atoms with Crippen molar-refractivity contribution in [2.75, 3.05) is 18.0 Å². The van der Waals surface area contributed by atoms with E-state index in [9.17, 15) is 22.4 Å². The number of carboxylic acids is 1. The number of carbonyl (C=O) groups excluding carboxylic acids is 1. The fraction of sp³-hybridized carbons (Fsp3) is 0.500. The Hall–Kier alpha value is -2.19. The minimum atomic E-state index is -4.64. The molecule has 5 nitrogen and oxygen atoms in total. The maximum absolute atomic E-state index is 13.0. The van der Waals surface area contributed by atoms with E-state index in [1.54, 1.807) is 12.1 Å². The van der Waals surface area contributed by atoms with Crippen LogP contribution in [0.3, 0.4) is 0 Å². The third-order valence-electron chi connectivity index (χ3n) is 3.24. The van der Waals surface area contributed by atoms with E-state index in [0.717, 1.165) is 25.9 Å². The van der Waals surface area contributed by atoms with E-state index in [1.165, 1.54) is 6.07 Å². The largest absolute Gasteiger partial charge is 0.481 e. The van der Waals surface area contributed by atoms with Crippen LogP contribution in [0, 0.1) is 11.9 Å². The van der Waals surface area contributed by atoms with Crippen molar-refractivity contribution in [2.45, 2.75) is 25.4 Å². The minimum absolute atomic E-state index is 0.227. The highest BCUT2D eigenvalue weighted by Crippen LogP contribution is 2.23. The van der Waals surface area contributed by atoms with Gasteiger partial charge < -0.3 is 10.0 Å². The minimum Gasteiger partial charge on any atom is -0.481 e. The third kappa shape index (κ3) is 7.57. The lowest BCUT2D eigenvalue weighted by Crippen LogP contribution is -2.34. The molecule has 1 aromatic heterocycles. The van der Waals surface area contributed by atoms with Crippen LogP contribution in [0.2, 0.25) is 0 Å². The van der Waals surface area contributed by atoms with E-state index < -0.39 is 24.4 Å². The van der Waals surface area contributed by atoms with Crippen LogP contribution in [0.25, 0.3) is 0 Å². The quantitative estimate of drug-likeness (QED) is 0.522. The fourth-order valence-electron chi connectivity index (χ4n) is 2.19. The summed E-state index contributed by atoms with van der Waals surface area (Å²) in [4.78, 5) is 25.1. The van der Waals surface area contributed by atoms with Crippen LogP contribution in [-0.2, 0) is 9.59 Å². The highest BCUT2D eigenvalue weighted by molar-refractivity contribution is 5.67. The average Bonchev–Trinajstić information content (AvgIpc) is 2.47. The molecule has 0 spiro atoms. The fourth-order valence-corrected chi connectivity index (χ4v) is 2.19. The summed E-state index contributed by atoms with van der Waals surface area (Å²) in [6, 6.07) is 4.74.